The third kappa shape index (κ3) is 3.14. The van der Waals surface area contributed by atoms with Gasteiger partial charge in [0, 0.05) is 40.3 Å². The fourth-order valence-electron chi connectivity index (χ4n) is 6.27. The highest BCUT2D eigenvalue weighted by atomic mass is 16.2. The zero-order valence-electron chi connectivity index (χ0n) is 17.5. The summed E-state index contributed by atoms with van der Waals surface area (Å²) < 4.78 is 0. The van der Waals surface area contributed by atoms with Crippen molar-refractivity contribution in [1.29, 1.82) is 0 Å². The molecule has 1 aromatic carbocycles. The second kappa shape index (κ2) is 7.18. The SMILES string of the molecule is CN1C[C@@H]2C3(CCN(C(=O)Cc4ccccc4)CC3)CC[C@]2(C(=O)N(C)C)C1. The van der Waals surface area contributed by atoms with Crippen LogP contribution < -0.4 is 0 Å². The smallest absolute Gasteiger partial charge is 0.229 e. The molecule has 5 nitrogen and oxygen atoms in total. The molecule has 0 unspecified atom stereocenters. The number of nitrogens with zero attached hydrogens (tertiary/aromatic N) is 3. The van der Waals surface area contributed by atoms with Gasteiger partial charge in [-0.05, 0) is 49.6 Å². The minimum Gasteiger partial charge on any atom is -0.348 e. The lowest BCUT2D eigenvalue weighted by molar-refractivity contribution is -0.142. The number of rotatable bonds is 3. The Labute approximate surface area is 168 Å². The van der Waals surface area contributed by atoms with E-state index >= 15 is 0 Å². The highest BCUT2D eigenvalue weighted by molar-refractivity contribution is 5.84. The summed E-state index contributed by atoms with van der Waals surface area (Å²) in [6.45, 7) is 3.56. The molecule has 2 aliphatic heterocycles. The minimum atomic E-state index is -0.214. The van der Waals surface area contributed by atoms with Gasteiger partial charge in [-0.2, -0.15) is 0 Å². The maximum Gasteiger partial charge on any atom is 0.229 e. The molecule has 1 aliphatic carbocycles. The van der Waals surface area contributed by atoms with Gasteiger partial charge in [-0.3, -0.25) is 9.59 Å². The zero-order valence-corrected chi connectivity index (χ0v) is 17.5. The molecule has 152 valence electrons. The highest BCUT2D eigenvalue weighted by Crippen LogP contribution is 2.62. The summed E-state index contributed by atoms with van der Waals surface area (Å²) in [6, 6.07) is 10.0. The first-order valence-corrected chi connectivity index (χ1v) is 10.6. The van der Waals surface area contributed by atoms with Crippen LogP contribution in [-0.4, -0.2) is 73.8 Å². The summed E-state index contributed by atoms with van der Waals surface area (Å²) in [7, 11) is 5.93. The molecule has 2 saturated heterocycles. The predicted octanol–water partition coefficient (Wildman–Crippen LogP) is 2.27. The van der Waals surface area contributed by atoms with Gasteiger partial charge in [0.05, 0.1) is 11.8 Å². The summed E-state index contributed by atoms with van der Waals surface area (Å²) in [4.78, 5) is 32.1. The second-order valence-electron chi connectivity index (χ2n) is 9.51. The number of hydrogen-bond acceptors (Lipinski definition) is 3. The van der Waals surface area contributed by atoms with Crippen LogP contribution in [0.15, 0.2) is 30.3 Å². The first-order valence-electron chi connectivity index (χ1n) is 10.6. The molecule has 4 rings (SSSR count). The number of hydrogen-bond donors (Lipinski definition) is 0. The van der Waals surface area contributed by atoms with E-state index in [1.807, 2.05) is 49.3 Å². The average Bonchev–Trinajstić information content (AvgIpc) is 3.17. The van der Waals surface area contributed by atoms with Crippen molar-refractivity contribution in [1.82, 2.24) is 14.7 Å². The normalized spacial score (nSPS) is 29.1. The molecule has 0 N–H and O–H groups in total. The topological polar surface area (TPSA) is 43.9 Å². The van der Waals surface area contributed by atoms with Gasteiger partial charge in [-0.1, -0.05) is 30.3 Å². The van der Waals surface area contributed by atoms with Gasteiger partial charge in [0.1, 0.15) is 0 Å². The van der Waals surface area contributed by atoms with Crippen LogP contribution in [0.5, 0.6) is 0 Å². The molecule has 2 amide bonds. The molecular weight excluding hydrogens is 350 g/mol. The average molecular weight is 384 g/mol. The van der Waals surface area contributed by atoms with Crippen LogP contribution in [0.4, 0.5) is 0 Å². The summed E-state index contributed by atoms with van der Waals surface area (Å²) in [6.07, 6.45) is 4.69. The molecule has 28 heavy (non-hydrogen) atoms. The summed E-state index contributed by atoms with van der Waals surface area (Å²) in [5, 5.41) is 0. The monoisotopic (exact) mass is 383 g/mol. The molecule has 3 fully saturated rings. The van der Waals surface area contributed by atoms with Crippen LogP contribution in [0.1, 0.15) is 31.2 Å². The van der Waals surface area contributed by atoms with E-state index in [9.17, 15) is 9.59 Å². The molecule has 0 radical (unpaired) electrons. The Bertz CT molecular complexity index is 739. The third-order valence-electron chi connectivity index (χ3n) is 7.66. The van der Waals surface area contributed by atoms with Crippen LogP contribution >= 0.6 is 0 Å². The van der Waals surface area contributed by atoms with Crippen LogP contribution in [0, 0.1) is 16.7 Å². The minimum absolute atomic E-state index is 0.214. The third-order valence-corrected chi connectivity index (χ3v) is 7.66. The number of benzene rings is 1. The first-order chi connectivity index (χ1) is 13.4. The molecule has 1 saturated carbocycles. The predicted molar refractivity (Wildman–Crippen MR) is 110 cm³/mol. The van der Waals surface area contributed by atoms with E-state index < -0.39 is 0 Å². The maximum absolute atomic E-state index is 13.1. The molecule has 2 heterocycles. The summed E-state index contributed by atoms with van der Waals surface area (Å²) in [5.41, 5.74) is 1.09. The van der Waals surface area contributed by atoms with Crippen LogP contribution in [0.3, 0.4) is 0 Å². The summed E-state index contributed by atoms with van der Waals surface area (Å²) in [5.74, 6) is 0.964. The lowest BCUT2D eigenvalue weighted by Gasteiger charge is -2.44. The number of amides is 2. The van der Waals surface area contributed by atoms with Gasteiger partial charge in [-0.25, -0.2) is 0 Å². The lowest BCUT2D eigenvalue weighted by Crippen LogP contribution is -2.49. The van der Waals surface area contributed by atoms with E-state index in [1.54, 1.807) is 4.90 Å². The van der Waals surface area contributed by atoms with Gasteiger partial charge in [0.2, 0.25) is 11.8 Å². The molecular formula is C23H33N3O2. The van der Waals surface area contributed by atoms with Crippen molar-refractivity contribution in [2.45, 2.75) is 32.1 Å². The van der Waals surface area contributed by atoms with Gasteiger partial charge >= 0.3 is 0 Å². The van der Waals surface area contributed by atoms with Gasteiger partial charge < -0.3 is 14.7 Å². The second-order valence-corrected chi connectivity index (χ2v) is 9.51. The maximum atomic E-state index is 13.1. The van der Waals surface area contributed by atoms with E-state index in [-0.39, 0.29) is 16.7 Å². The van der Waals surface area contributed by atoms with Crippen molar-refractivity contribution in [2.75, 3.05) is 47.3 Å². The Morgan fingerprint density at radius 1 is 1.07 bits per heavy atom. The molecule has 1 aromatic rings. The van der Waals surface area contributed by atoms with Crippen molar-refractivity contribution in [3.8, 4) is 0 Å². The van der Waals surface area contributed by atoms with Crippen molar-refractivity contribution in [3.05, 3.63) is 35.9 Å². The molecule has 5 heteroatoms. The van der Waals surface area contributed by atoms with Crippen molar-refractivity contribution >= 4 is 11.8 Å². The van der Waals surface area contributed by atoms with E-state index in [1.165, 1.54) is 0 Å². The van der Waals surface area contributed by atoms with E-state index in [0.29, 0.717) is 18.2 Å². The number of piperidine rings is 1. The van der Waals surface area contributed by atoms with Crippen molar-refractivity contribution in [2.24, 2.45) is 16.7 Å². The summed E-state index contributed by atoms with van der Waals surface area (Å²) >= 11 is 0. The Morgan fingerprint density at radius 3 is 2.39 bits per heavy atom. The zero-order chi connectivity index (χ0) is 19.9. The van der Waals surface area contributed by atoms with Gasteiger partial charge in [0.15, 0.2) is 0 Å². The molecule has 2 atom stereocenters. The first kappa shape index (κ1) is 19.4. The Kier molecular flexibility index (Phi) is 4.98. The molecule has 0 aromatic heterocycles. The Morgan fingerprint density at radius 2 is 1.75 bits per heavy atom. The van der Waals surface area contributed by atoms with E-state index in [4.69, 9.17) is 0 Å². The van der Waals surface area contributed by atoms with Crippen LogP contribution in [0.2, 0.25) is 0 Å². The highest BCUT2D eigenvalue weighted by Gasteiger charge is 2.64. The Balaban J connectivity index is 1.45. The molecule has 1 spiro atoms. The number of carbonyl (C=O) groups is 2. The van der Waals surface area contributed by atoms with Crippen molar-refractivity contribution in [3.63, 3.8) is 0 Å². The van der Waals surface area contributed by atoms with Crippen LogP contribution in [-0.2, 0) is 16.0 Å². The number of likely N-dealkylation sites (tertiary alicyclic amines) is 2. The molecule has 3 aliphatic rings. The molecule has 0 bridgehead atoms. The number of carbonyl (C=O) groups excluding carboxylic acids is 2. The lowest BCUT2D eigenvalue weighted by atomic mass is 9.65. The number of fused-ring (bicyclic) bond motifs is 2. The van der Waals surface area contributed by atoms with Gasteiger partial charge in [-0.15, -0.1) is 0 Å². The van der Waals surface area contributed by atoms with Gasteiger partial charge in [0.25, 0.3) is 0 Å². The van der Waals surface area contributed by atoms with Crippen LogP contribution in [0.25, 0.3) is 0 Å². The quantitative estimate of drug-likeness (QED) is 0.804. The van der Waals surface area contributed by atoms with Crippen molar-refractivity contribution < 1.29 is 9.59 Å². The fraction of sp³-hybridized carbons (Fsp3) is 0.652. The largest absolute Gasteiger partial charge is 0.348 e. The van der Waals surface area contributed by atoms with E-state index in [0.717, 1.165) is 57.4 Å². The Hall–Kier alpha value is -1.88. The fourth-order valence-corrected chi connectivity index (χ4v) is 6.27. The van der Waals surface area contributed by atoms with E-state index in [2.05, 4.69) is 11.9 Å². The standard InChI is InChI=1S/C23H33N3O2/c1-24(2)21(28)23-10-9-22(19(23)16-25(3)17-23)11-13-26(14-12-22)20(27)15-18-7-5-4-6-8-18/h4-8,19H,9-17H2,1-3H3/t19-,23+/m1/s1.